The second-order valence-corrected chi connectivity index (χ2v) is 7.42. The van der Waals surface area contributed by atoms with Crippen molar-refractivity contribution >= 4 is 34.2 Å². The van der Waals surface area contributed by atoms with E-state index in [4.69, 9.17) is 0 Å². The summed E-state index contributed by atoms with van der Waals surface area (Å²) in [5, 5.41) is 8.70. The van der Waals surface area contributed by atoms with Crippen LogP contribution in [0.1, 0.15) is 38.6 Å². The van der Waals surface area contributed by atoms with Gasteiger partial charge < -0.3 is 10.3 Å². The smallest absolute Gasteiger partial charge is 0.268 e. The van der Waals surface area contributed by atoms with Gasteiger partial charge in [-0.1, -0.05) is 44.2 Å². The normalized spacial score (nSPS) is 15.5. The molecule has 0 aliphatic carbocycles. The Morgan fingerprint density at radius 2 is 1.79 bits per heavy atom. The van der Waals surface area contributed by atoms with E-state index < -0.39 is 0 Å². The SMILES string of the molecule is CC(C)[C@H](NC(=O)C1=NN(c2ccccc2)C(=O)CC1)c1nc2ccccc2[nH]1. The molecule has 1 aliphatic rings. The molecule has 1 aliphatic heterocycles. The van der Waals surface area contributed by atoms with Crippen LogP contribution in [0.25, 0.3) is 11.0 Å². The summed E-state index contributed by atoms with van der Waals surface area (Å²) in [7, 11) is 0. The number of hydrazone groups is 1. The third-order valence-electron chi connectivity index (χ3n) is 4.95. The van der Waals surface area contributed by atoms with E-state index in [9.17, 15) is 9.59 Å². The molecular weight excluding hydrogens is 366 g/mol. The van der Waals surface area contributed by atoms with Gasteiger partial charge in [0.15, 0.2) is 0 Å². The van der Waals surface area contributed by atoms with Crippen LogP contribution < -0.4 is 10.3 Å². The molecule has 29 heavy (non-hydrogen) atoms. The molecule has 2 heterocycles. The lowest BCUT2D eigenvalue weighted by molar-refractivity contribution is -0.119. The minimum Gasteiger partial charge on any atom is -0.341 e. The number of nitrogens with one attached hydrogen (secondary N) is 2. The molecule has 0 bridgehead atoms. The number of fused-ring (bicyclic) bond motifs is 1. The van der Waals surface area contributed by atoms with Crippen molar-refractivity contribution < 1.29 is 9.59 Å². The van der Waals surface area contributed by atoms with Gasteiger partial charge in [-0.15, -0.1) is 0 Å². The molecule has 3 aromatic rings. The molecule has 2 amide bonds. The minimum atomic E-state index is -0.291. The first-order valence-corrected chi connectivity index (χ1v) is 9.74. The zero-order valence-electron chi connectivity index (χ0n) is 16.4. The standard InChI is InChI=1S/C22H23N5O2/c1-14(2)20(21-23-16-10-6-7-11-17(16)24-21)25-22(29)18-12-13-19(28)27(26-18)15-8-4-3-5-9-15/h3-11,14,20H,12-13H2,1-2H3,(H,23,24)(H,25,29)/t20-/m0/s1. The minimum absolute atomic E-state index is 0.120. The van der Waals surface area contributed by atoms with E-state index in [1.807, 2.05) is 56.3 Å². The van der Waals surface area contributed by atoms with E-state index in [1.54, 1.807) is 12.1 Å². The van der Waals surface area contributed by atoms with Crippen molar-refractivity contribution in [1.29, 1.82) is 0 Å². The summed E-state index contributed by atoms with van der Waals surface area (Å²) in [6.07, 6.45) is 0.567. The highest BCUT2D eigenvalue weighted by molar-refractivity contribution is 6.40. The average Bonchev–Trinajstić information content (AvgIpc) is 3.16. The number of hydrogen-bond acceptors (Lipinski definition) is 4. The molecule has 2 N–H and O–H groups in total. The maximum Gasteiger partial charge on any atom is 0.268 e. The third-order valence-corrected chi connectivity index (χ3v) is 4.95. The van der Waals surface area contributed by atoms with E-state index in [-0.39, 0.29) is 30.2 Å². The number of para-hydroxylation sites is 3. The van der Waals surface area contributed by atoms with Gasteiger partial charge in [0, 0.05) is 12.8 Å². The summed E-state index contributed by atoms with van der Waals surface area (Å²) in [6, 6.07) is 16.6. The molecule has 2 aromatic carbocycles. The number of nitrogens with zero attached hydrogens (tertiary/aromatic N) is 3. The Morgan fingerprint density at radius 3 is 2.52 bits per heavy atom. The van der Waals surface area contributed by atoms with Crippen LogP contribution in [0.3, 0.4) is 0 Å². The van der Waals surface area contributed by atoms with Gasteiger partial charge in [-0.05, 0) is 30.2 Å². The summed E-state index contributed by atoms with van der Waals surface area (Å²) in [6.45, 7) is 4.06. The van der Waals surface area contributed by atoms with Gasteiger partial charge in [-0.2, -0.15) is 5.10 Å². The highest BCUT2D eigenvalue weighted by Crippen LogP contribution is 2.24. The quantitative estimate of drug-likeness (QED) is 0.699. The third kappa shape index (κ3) is 3.89. The lowest BCUT2D eigenvalue weighted by atomic mass is 10.0. The Morgan fingerprint density at radius 1 is 1.07 bits per heavy atom. The summed E-state index contributed by atoms with van der Waals surface area (Å²) < 4.78 is 0. The Hall–Kier alpha value is -3.48. The van der Waals surface area contributed by atoms with Crippen molar-refractivity contribution in [3.05, 3.63) is 60.4 Å². The maximum absolute atomic E-state index is 13.0. The maximum atomic E-state index is 13.0. The molecule has 148 valence electrons. The van der Waals surface area contributed by atoms with Gasteiger partial charge in [0.25, 0.3) is 5.91 Å². The lowest BCUT2D eigenvalue weighted by Gasteiger charge is -2.25. The van der Waals surface area contributed by atoms with Crippen molar-refractivity contribution in [2.24, 2.45) is 11.0 Å². The van der Waals surface area contributed by atoms with Crippen LogP contribution in [0.4, 0.5) is 5.69 Å². The second-order valence-electron chi connectivity index (χ2n) is 7.42. The number of aromatic nitrogens is 2. The molecule has 1 aromatic heterocycles. The molecule has 0 saturated heterocycles. The van der Waals surface area contributed by atoms with Crippen molar-refractivity contribution in [3.63, 3.8) is 0 Å². The molecule has 4 rings (SSSR count). The number of amides is 2. The topological polar surface area (TPSA) is 90.4 Å². The first-order chi connectivity index (χ1) is 14.0. The van der Waals surface area contributed by atoms with Gasteiger partial charge >= 0.3 is 0 Å². The van der Waals surface area contributed by atoms with E-state index in [1.165, 1.54) is 5.01 Å². The van der Waals surface area contributed by atoms with Crippen molar-refractivity contribution in [3.8, 4) is 0 Å². The highest BCUT2D eigenvalue weighted by atomic mass is 16.2. The van der Waals surface area contributed by atoms with E-state index >= 15 is 0 Å². The number of benzene rings is 2. The van der Waals surface area contributed by atoms with E-state index in [0.717, 1.165) is 11.0 Å². The van der Waals surface area contributed by atoms with Crippen LogP contribution in [0, 0.1) is 5.92 Å². The number of imidazole rings is 1. The summed E-state index contributed by atoms with van der Waals surface area (Å²) >= 11 is 0. The predicted octanol–water partition coefficient (Wildman–Crippen LogP) is 3.56. The molecular formula is C22H23N5O2. The van der Waals surface area contributed by atoms with Gasteiger partial charge in [0.2, 0.25) is 5.91 Å². The first-order valence-electron chi connectivity index (χ1n) is 9.74. The van der Waals surface area contributed by atoms with Gasteiger partial charge in [0.05, 0.1) is 22.8 Å². The fraction of sp³-hybridized carbons (Fsp3) is 0.273. The van der Waals surface area contributed by atoms with Crippen molar-refractivity contribution in [2.75, 3.05) is 5.01 Å². The summed E-state index contributed by atoms with van der Waals surface area (Å²) in [5.41, 5.74) is 2.78. The number of H-pyrrole nitrogens is 1. The van der Waals surface area contributed by atoms with Gasteiger partial charge in [0.1, 0.15) is 11.5 Å². The van der Waals surface area contributed by atoms with E-state index in [0.29, 0.717) is 23.6 Å². The van der Waals surface area contributed by atoms with Gasteiger partial charge in [-0.25, -0.2) is 9.99 Å². The molecule has 0 spiro atoms. The molecule has 0 radical (unpaired) electrons. The highest BCUT2D eigenvalue weighted by Gasteiger charge is 2.28. The molecule has 0 fully saturated rings. The molecule has 7 nitrogen and oxygen atoms in total. The van der Waals surface area contributed by atoms with Crippen LogP contribution in [0.2, 0.25) is 0 Å². The Labute approximate surface area is 168 Å². The Kier molecular flexibility index (Phi) is 5.12. The van der Waals surface area contributed by atoms with Crippen LogP contribution in [-0.2, 0) is 9.59 Å². The fourth-order valence-corrected chi connectivity index (χ4v) is 3.38. The Balaban J connectivity index is 1.58. The van der Waals surface area contributed by atoms with Crippen LogP contribution in [0.15, 0.2) is 59.7 Å². The van der Waals surface area contributed by atoms with Crippen molar-refractivity contribution in [1.82, 2.24) is 15.3 Å². The van der Waals surface area contributed by atoms with Crippen LogP contribution in [-0.4, -0.2) is 27.5 Å². The predicted molar refractivity (Wildman–Crippen MR) is 112 cm³/mol. The number of hydrogen-bond donors (Lipinski definition) is 2. The molecule has 1 atom stereocenters. The molecule has 7 heteroatoms. The lowest BCUT2D eigenvalue weighted by Crippen LogP contribution is -2.41. The van der Waals surface area contributed by atoms with Crippen molar-refractivity contribution in [2.45, 2.75) is 32.7 Å². The average molecular weight is 389 g/mol. The molecule has 0 unspecified atom stereocenters. The van der Waals surface area contributed by atoms with Crippen LogP contribution in [0.5, 0.6) is 0 Å². The number of anilines is 1. The number of carbonyl (C=O) groups excluding carboxylic acids is 2. The number of carbonyl (C=O) groups is 2. The summed E-state index contributed by atoms with van der Waals surface area (Å²) in [5.74, 6) is 0.431. The fourth-order valence-electron chi connectivity index (χ4n) is 3.38. The van der Waals surface area contributed by atoms with Crippen LogP contribution >= 0.6 is 0 Å². The number of aromatic amines is 1. The van der Waals surface area contributed by atoms with E-state index in [2.05, 4.69) is 20.4 Å². The molecule has 0 saturated carbocycles. The largest absolute Gasteiger partial charge is 0.341 e. The zero-order valence-corrected chi connectivity index (χ0v) is 16.4. The monoisotopic (exact) mass is 389 g/mol. The second kappa shape index (κ2) is 7.87. The zero-order chi connectivity index (χ0) is 20.4. The summed E-state index contributed by atoms with van der Waals surface area (Å²) in [4.78, 5) is 33.2. The Bertz CT molecular complexity index is 1040. The van der Waals surface area contributed by atoms with Gasteiger partial charge in [-0.3, -0.25) is 9.59 Å². The first kappa shape index (κ1) is 18.9. The number of rotatable bonds is 5.